The summed E-state index contributed by atoms with van der Waals surface area (Å²) in [5.74, 6) is -0.701. The second kappa shape index (κ2) is 9.42. The molecular weight excluding hydrogens is 410 g/mol. The quantitative estimate of drug-likeness (QED) is 0.422. The van der Waals surface area contributed by atoms with E-state index in [0.717, 1.165) is 10.2 Å². The van der Waals surface area contributed by atoms with Crippen molar-refractivity contribution >= 4 is 23.0 Å². The van der Waals surface area contributed by atoms with E-state index in [1.54, 1.807) is 20.2 Å². The van der Waals surface area contributed by atoms with Crippen molar-refractivity contribution in [2.24, 2.45) is 7.05 Å². The summed E-state index contributed by atoms with van der Waals surface area (Å²) in [5, 5.41) is 19.2. The largest absolute Gasteiger partial charge is 0.505 e. The maximum Gasteiger partial charge on any atom is 0.290 e. The van der Waals surface area contributed by atoms with Crippen molar-refractivity contribution in [3.63, 3.8) is 0 Å². The highest BCUT2D eigenvalue weighted by Crippen LogP contribution is 2.32. The van der Waals surface area contributed by atoms with Crippen molar-refractivity contribution in [1.82, 2.24) is 14.7 Å². The molecule has 1 heterocycles. The highest BCUT2D eigenvalue weighted by atomic mass is 16.3. The number of phenols is 1. The summed E-state index contributed by atoms with van der Waals surface area (Å²) in [7, 11) is 4.58. The Morgan fingerprint density at radius 2 is 1.78 bits per heavy atom. The third-order valence-corrected chi connectivity index (χ3v) is 5.13. The molecule has 1 amide bonds. The van der Waals surface area contributed by atoms with E-state index >= 15 is 0 Å². The van der Waals surface area contributed by atoms with Gasteiger partial charge in [0.05, 0.1) is 17.3 Å². The van der Waals surface area contributed by atoms with E-state index in [1.807, 2.05) is 37.3 Å². The van der Waals surface area contributed by atoms with Crippen LogP contribution in [0.3, 0.4) is 0 Å². The number of anilines is 3. The highest BCUT2D eigenvalue weighted by molar-refractivity contribution is 5.98. The van der Waals surface area contributed by atoms with Gasteiger partial charge >= 0.3 is 0 Å². The Balaban J connectivity index is 2.08. The summed E-state index contributed by atoms with van der Waals surface area (Å²) in [6, 6.07) is 14.0. The number of aromatic nitrogens is 2. The number of hydrogen-bond donors (Lipinski definition) is 4. The smallest absolute Gasteiger partial charge is 0.290 e. The number of phenolic OH excluding ortho intramolecular Hbond substituents is 1. The first-order valence-electron chi connectivity index (χ1n) is 10.2. The summed E-state index contributed by atoms with van der Waals surface area (Å²) in [6.07, 6.45) is 0.663. The molecular formula is C23H27N5O4. The Morgan fingerprint density at radius 3 is 2.41 bits per heavy atom. The van der Waals surface area contributed by atoms with Crippen LogP contribution in [0.5, 0.6) is 5.75 Å². The van der Waals surface area contributed by atoms with Gasteiger partial charge in [0.2, 0.25) is 0 Å². The molecule has 0 unspecified atom stereocenters. The SMILES string of the molecule is CC[C@@H](Nc1c(Nc2cccc(C(=O)N(C)C)c2O)c(=O)n(C)[nH]c1=O)c1ccccc1. The van der Waals surface area contributed by atoms with Crippen molar-refractivity contribution in [1.29, 1.82) is 0 Å². The molecule has 9 heteroatoms. The third-order valence-electron chi connectivity index (χ3n) is 5.13. The first-order valence-corrected chi connectivity index (χ1v) is 10.2. The van der Waals surface area contributed by atoms with E-state index in [0.29, 0.717) is 6.42 Å². The van der Waals surface area contributed by atoms with Gasteiger partial charge in [0, 0.05) is 21.1 Å². The third kappa shape index (κ3) is 4.51. The van der Waals surface area contributed by atoms with Gasteiger partial charge in [-0.05, 0) is 24.1 Å². The summed E-state index contributed by atoms with van der Waals surface area (Å²) < 4.78 is 1.06. The highest BCUT2D eigenvalue weighted by Gasteiger charge is 2.21. The zero-order chi connectivity index (χ0) is 23.4. The van der Waals surface area contributed by atoms with Gasteiger partial charge in [-0.1, -0.05) is 43.3 Å². The zero-order valence-corrected chi connectivity index (χ0v) is 18.5. The van der Waals surface area contributed by atoms with E-state index in [9.17, 15) is 19.5 Å². The van der Waals surface area contributed by atoms with E-state index in [2.05, 4.69) is 15.7 Å². The number of benzene rings is 2. The molecule has 0 saturated heterocycles. The Labute approximate surface area is 185 Å². The lowest BCUT2D eigenvalue weighted by Gasteiger charge is -2.21. The van der Waals surface area contributed by atoms with Crippen molar-refractivity contribution < 1.29 is 9.90 Å². The van der Waals surface area contributed by atoms with E-state index in [-0.39, 0.29) is 34.4 Å². The second-order valence-corrected chi connectivity index (χ2v) is 7.60. The lowest BCUT2D eigenvalue weighted by atomic mass is 10.0. The molecule has 4 N–H and O–H groups in total. The van der Waals surface area contributed by atoms with E-state index < -0.39 is 17.0 Å². The Hall–Kier alpha value is -4.01. The van der Waals surface area contributed by atoms with Crippen LogP contribution in [0.2, 0.25) is 0 Å². The Kier molecular flexibility index (Phi) is 6.67. The number of H-pyrrole nitrogens is 1. The van der Waals surface area contributed by atoms with Crippen molar-refractivity contribution in [2.45, 2.75) is 19.4 Å². The maximum absolute atomic E-state index is 12.9. The van der Waals surface area contributed by atoms with Crippen LogP contribution in [0, 0.1) is 0 Å². The molecule has 1 atom stereocenters. The minimum atomic E-state index is -0.501. The summed E-state index contributed by atoms with van der Waals surface area (Å²) >= 11 is 0. The number of rotatable bonds is 7. The molecule has 0 saturated carbocycles. The lowest BCUT2D eigenvalue weighted by Crippen LogP contribution is -2.32. The van der Waals surface area contributed by atoms with Gasteiger partial charge < -0.3 is 20.6 Å². The summed E-state index contributed by atoms with van der Waals surface area (Å²) in [6.45, 7) is 1.97. The number of carbonyl (C=O) groups excluding carboxylic acids is 1. The predicted molar refractivity (Wildman–Crippen MR) is 125 cm³/mol. The fraction of sp³-hybridized carbons (Fsp3) is 0.261. The van der Waals surface area contributed by atoms with Crippen LogP contribution in [0.1, 0.15) is 35.3 Å². The normalized spacial score (nSPS) is 11.6. The van der Waals surface area contributed by atoms with Crippen LogP contribution in [-0.4, -0.2) is 39.8 Å². The van der Waals surface area contributed by atoms with Gasteiger partial charge in [-0.15, -0.1) is 0 Å². The van der Waals surface area contributed by atoms with Crippen molar-refractivity contribution in [3.05, 3.63) is 80.4 Å². The van der Waals surface area contributed by atoms with E-state index in [4.69, 9.17) is 0 Å². The van der Waals surface area contributed by atoms with Gasteiger partial charge in [-0.3, -0.25) is 24.2 Å². The van der Waals surface area contributed by atoms with Gasteiger partial charge in [0.15, 0.2) is 5.75 Å². The van der Waals surface area contributed by atoms with Crippen LogP contribution < -0.4 is 21.8 Å². The number of nitrogens with one attached hydrogen (secondary N) is 3. The molecule has 0 aliphatic rings. The molecule has 0 radical (unpaired) electrons. The average Bonchev–Trinajstić information content (AvgIpc) is 2.78. The number of nitrogens with zero attached hydrogens (tertiary/aromatic N) is 2. The second-order valence-electron chi connectivity index (χ2n) is 7.60. The average molecular weight is 438 g/mol. The molecule has 0 spiro atoms. The van der Waals surface area contributed by atoms with Gasteiger partial charge in [-0.2, -0.15) is 0 Å². The fourth-order valence-electron chi connectivity index (χ4n) is 3.37. The number of aromatic amines is 1. The van der Waals surface area contributed by atoms with Crippen LogP contribution in [0.15, 0.2) is 58.1 Å². The number of amides is 1. The van der Waals surface area contributed by atoms with Crippen molar-refractivity contribution in [3.8, 4) is 5.75 Å². The molecule has 0 fully saturated rings. The molecule has 3 aromatic rings. The minimum Gasteiger partial charge on any atom is -0.505 e. The maximum atomic E-state index is 12.9. The molecule has 3 rings (SSSR count). The van der Waals surface area contributed by atoms with Crippen LogP contribution >= 0.6 is 0 Å². The first-order chi connectivity index (χ1) is 15.2. The van der Waals surface area contributed by atoms with Crippen LogP contribution in [0.4, 0.5) is 17.1 Å². The van der Waals surface area contributed by atoms with E-state index in [1.165, 1.54) is 24.1 Å². The van der Waals surface area contributed by atoms with Crippen LogP contribution in [-0.2, 0) is 7.05 Å². The molecule has 0 aliphatic heterocycles. The van der Waals surface area contributed by atoms with Gasteiger partial charge in [0.1, 0.15) is 11.4 Å². The Bertz CT molecular complexity index is 1230. The molecule has 32 heavy (non-hydrogen) atoms. The fourth-order valence-corrected chi connectivity index (χ4v) is 3.37. The Morgan fingerprint density at radius 1 is 1.09 bits per heavy atom. The molecule has 9 nitrogen and oxygen atoms in total. The predicted octanol–water partition coefficient (Wildman–Crippen LogP) is 2.79. The topological polar surface area (TPSA) is 119 Å². The standard InChI is InChI=1S/C23H27N5O4/c1-5-16(14-10-7-6-8-11-14)24-18-19(23(32)28(4)26-21(18)30)25-17-13-9-12-15(20(17)29)22(31)27(2)3/h6-13,16,24-25,29H,5H2,1-4H3,(H,26,30)/t16-/m1/s1. The molecule has 168 valence electrons. The van der Waals surface area contributed by atoms with Gasteiger partial charge in [-0.25, -0.2) is 0 Å². The summed E-state index contributed by atoms with van der Waals surface area (Å²) in [4.78, 5) is 39.4. The number of aryl methyl sites for hydroxylation is 1. The molecule has 0 aliphatic carbocycles. The molecule has 0 bridgehead atoms. The minimum absolute atomic E-state index is 0.0321. The molecule has 1 aromatic heterocycles. The summed E-state index contributed by atoms with van der Waals surface area (Å²) in [5.41, 5.74) is 0.191. The lowest BCUT2D eigenvalue weighted by molar-refractivity contribution is 0.0824. The number of aromatic hydroxyl groups is 1. The van der Waals surface area contributed by atoms with Crippen molar-refractivity contribution in [2.75, 3.05) is 24.7 Å². The zero-order valence-electron chi connectivity index (χ0n) is 18.5. The number of para-hydroxylation sites is 1. The first kappa shape index (κ1) is 22.7. The monoisotopic (exact) mass is 437 g/mol. The number of carbonyl (C=O) groups is 1. The van der Waals surface area contributed by atoms with Gasteiger partial charge in [0.25, 0.3) is 17.0 Å². The number of hydrogen-bond acceptors (Lipinski definition) is 6. The van der Waals surface area contributed by atoms with Crippen LogP contribution in [0.25, 0.3) is 0 Å². The molecule has 2 aromatic carbocycles.